The second-order valence-electron chi connectivity index (χ2n) is 10.4. The molecule has 0 saturated heterocycles. The van der Waals surface area contributed by atoms with Crippen LogP contribution in [0.5, 0.6) is 11.5 Å². The van der Waals surface area contributed by atoms with E-state index in [1.54, 1.807) is 50.6 Å². The molecule has 42 heavy (non-hydrogen) atoms. The summed E-state index contributed by atoms with van der Waals surface area (Å²) in [6.45, 7) is 1.47. The normalized spacial score (nSPS) is 17.9. The third-order valence-corrected chi connectivity index (χ3v) is 7.82. The van der Waals surface area contributed by atoms with Gasteiger partial charge in [-0.25, -0.2) is 0 Å². The van der Waals surface area contributed by atoms with E-state index in [0.717, 1.165) is 5.56 Å². The highest BCUT2D eigenvalue weighted by atomic mass is 16.5. The Hall–Kier alpha value is -4.92. The van der Waals surface area contributed by atoms with Gasteiger partial charge >= 0.3 is 5.97 Å². The summed E-state index contributed by atoms with van der Waals surface area (Å²) in [4.78, 5) is 52.9. The van der Waals surface area contributed by atoms with E-state index in [1.807, 2.05) is 30.3 Å². The number of hydrogen-bond acceptors (Lipinski definition) is 7. The maximum Gasteiger partial charge on any atom is 0.303 e. The van der Waals surface area contributed by atoms with Crippen LogP contribution in [0.3, 0.4) is 0 Å². The summed E-state index contributed by atoms with van der Waals surface area (Å²) in [6.07, 6.45) is 0.106. The molecule has 216 valence electrons. The van der Waals surface area contributed by atoms with Crippen molar-refractivity contribution in [3.63, 3.8) is 0 Å². The molecule has 9 heteroatoms. The van der Waals surface area contributed by atoms with Gasteiger partial charge in [-0.1, -0.05) is 42.5 Å². The van der Waals surface area contributed by atoms with Crippen molar-refractivity contribution in [3.8, 4) is 11.5 Å². The molecule has 2 atom stereocenters. The smallest absolute Gasteiger partial charge is 0.303 e. The number of carbonyl (C=O) groups excluding carboxylic acids is 3. The van der Waals surface area contributed by atoms with Crippen LogP contribution in [0.15, 0.2) is 78.0 Å². The molecule has 9 nitrogen and oxygen atoms in total. The number of carbonyl (C=O) groups is 4. The molecule has 3 aromatic rings. The molecule has 0 bridgehead atoms. The summed E-state index contributed by atoms with van der Waals surface area (Å²) < 4.78 is 10.9. The fourth-order valence-electron chi connectivity index (χ4n) is 5.76. The van der Waals surface area contributed by atoms with Gasteiger partial charge in [-0.3, -0.25) is 24.1 Å². The van der Waals surface area contributed by atoms with E-state index in [9.17, 15) is 24.3 Å². The second-order valence-corrected chi connectivity index (χ2v) is 10.4. The quantitative estimate of drug-likeness (QED) is 0.333. The van der Waals surface area contributed by atoms with Gasteiger partial charge in [-0.15, -0.1) is 0 Å². The fraction of sp³-hybridized carbons (Fsp3) is 0.273. The lowest BCUT2D eigenvalue weighted by Gasteiger charge is -2.35. The van der Waals surface area contributed by atoms with Crippen molar-refractivity contribution in [2.45, 2.75) is 44.6 Å². The molecule has 5 rings (SSSR count). The van der Waals surface area contributed by atoms with Crippen LogP contribution in [0.2, 0.25) is 0 Å². The lowest BCUT2D eigenvalue weighted by molar-refractivity contribution is -0.138. The third-order valence-electron chi connectivity index (χ3n) is 7.82. The van der Waals surface area contributed by atoms with Gasteiger partial charge in [0, 0.05) is 29.7 Å². The number of hydrogen-bond donors (Lipinski definition) is 2. The van der Waals surface area contributed by atoms with Crippen LogP contribution in [-0.2, 0) is 14.4 Å². The van der Waals surface area contributed by atoms with Crippen molar-refractivity contribution in [3.05, 3.63) is 94.7 Å². The highest BCUT2D eigenvalue weighted by Crippen LogP contribution is 2.48. The molecule has 1 amide bonds. The Balaban J connectivity index is 1.66. The number of fused-ring (bicyclic) bond motifs is 1. The van der Waals surface area contributed by atoms with Crippen molar-refractivity contribution in [1.82, 2.24) is 0 Å². The number of rotatable bonds is 8. The Bertz CT molecular complexity index is 1590. The SMILES string of the molecule is COc1ccc(C2CC(=O)C3=C(C2)Nc2ccccc2N(C(=O)CCC(=O)O)C3c2ccc(C(C)=O)cc2)cc1OC. The maximum atomic E-state index is 14.1. The van der Waals surface area contributed by atoms with Gasteiger partial charge in [0.2, 0.25) is 5.91 Å². The van der Waals surface area contributed by atoms with Crippen LogP contribution in [0.25, 0.3) is 0 Å². The second kappa shape index (κ2) is 11.9. The molecular weight excluding hydrogens is 536 g/mol. The number of allylic oxidation sites excluding steroid dienone is 1. The summed E-state index contributed by atoms with van der Waals surface area (Å²) in [6, 6.07) is 18.9. The number of ether oxygens (including phenoxy) is 2. The van der Waals surface area contributed by atoms with Crippen molar-refractivity contribution in [2.24, 2.45) is 0 Å². The van der Waals surface area contributed by atoms with Gasteiger partial charge < -0.3 is 19.9 Å². The highest BCUT2D eigenvalue weighted by molar-refractivity contribution is 6.07. The number of nitrogens with zero attached hydrogens (tertiary/aromatic N) is 1. The highest BCUT2D eigenvalue weighted by Gasteiger charge is 2.41. The molecule has 2 aliphatic rings. The molecule has 1 aliphatic carbocycles. The van der Waals surface area contributed by atoms with Crippen LogP contribution < -0.4 is 19.7 Å². The predicted octanol–water partition coefficient (Wildman–Crippen LogP) is 5.67. The lowest BCUT2D eigenvalue weighted by Crippen LogP contribution is -2.38. The van der Waals surface area contributed by atoms with Crippen molar-refractivity contribution >= 4 is 34.8 Å². The Morgan fingerprint density at radius 2 is 1.60 bits per heavy atom. The standard InChI is InChI=1S/C33H32N2O7/c1-19(36)20-8-10-21(11-9-20)33-32-25(16-23(17-27(32)37)22-12-13-28(41-2)29(18-22)42-3)34-24-6-4-5-7-26(24)35(33)30(38)14-15-31(39)40/h4-13,18,23,33-34H,14-17H2,1-3H3,(H,39,40). The van der Waals surface area contributed by atoms with E-state index in [4.69, 9.17) is 9.47 Å². The first-order chi connectivity index (χ1) is 20.2. The summed E-state index contributed by atoms with van der Waals surface area (Å²) in [5.41, 5.74) is 4.38. The molecule has 3 aromatic carbocycles. The van der Waals surface area contributed by atoms with E-state index in [2.05, 4.69) is 5.32 Å². The van der Waals surface area contributed by atoms with Crippen molar-refractivity contribution < 1.29 is 33.8 Å². The van der Waals surface area contributed by atoms with E-state index < -0.39 is 17.9 Å². The number of aliphatic carboxylic acids is 1. The largest absolute Gasteiger partial charge is 0.493 e. The molecule has 2 unspecified atom stereocenters. The molecule has 1 heterocycles. The molecule has 0 fully saturated rings. The number of carboxylic acids is 1. The number of Topliss-reactive ketones (excluding diaryl/α,β-unsaturated/α-hetero) is 2. The van der Waals surface area contributed by atoms with Crippen LogP contribution >= 0.6 is 0 Å². The zero-order valence-corrected chi connectivity index (χ0v) is 23.7. The fourth-order valence-corrected chi connectivity index (χ4v) is 5.76. The van der Waals surface area contributed by atoms with Crippen molar-refractivity contribution in [1.29, 1.82) is 0 Å². The first-order valence-corrected chi connectivity index (χ1v) is 13.7. The molecular formula is C33H32N2O7. The zero-order valence-electron chi connectivity index (χ0n) is 23.7. The van der Waals surface area contributed by atoms with Gasteiger partial charge in [0.05, 0.1) is 38.1 Å². The maximum absolute atomic E-state index is 14.1. The number of para-hydroxylation sites is 2. The molecule has 0 spiro atoms. The minimum atomic E-state index is -1.08. The summed E-state index contributed by atoms with van der Waals surface area (Å²) in [7, 11) is 3.13. The van der Waals surface area contributed by atoms with Gasteiger partial charge in [0.25, 0.3) is 0 Å². The monoisotopic (exact) mass is 568 g/mol. The summed E-state index contributed by atoms with van der Waals surface area (Å²) in [5, 5.41) is 12.8. The Kier molecular flexibility index (Phi) is 8.10. The van der Waals surface area contributed by atoms with E-state index >= 15 is 0 Å². The van der Waals surface area contributed by atoms with Gasteiger partial charge in [-0.05, 0) is 54.7 Å². The minimum Gasteiger partial charge on any atom is -0.493 e. The Morgan fingerprint density at radius 1 is 0.905 bits per heavy atom. The number of ketones is 2. The molecule has 0 saturated carbocycles. The molecule has 0 radical (unpaired) electrons. The number of methoxy groups -OCH3 is 2. The average Bonchev–Trinajstić information content (AvgIpc) is 3.14. The van der Waals surface area contributed by atoms with E-state index in [1.165, 1.54) is 11.8 Å². The van der Waals surface area contributed by atoms with Crippen LogP contribution in [0, 0.1) is 0 Å². The number of anilines is 2. The first kappa shape index (κ1) is 28.6. The van der Waals surface area contributed by atoms with Gasteiger partial charge in [0.15, 0.2) is 23.1 Å². The third kappa shape index (κ3) is 5.50. The minimum absolute atomic E-state index is 0.102. The Labute approximate surface area is 243 Å². The molecule has 1 aliphatic heterocycles. The summed E-state index contributed by atoms with van der Waals surface area (Å²) >= 11 is 0. The first-order valence-electron chi connectivity index (χ1n) is 13.7. The number of amides is 1. The predicted molar refractivity (Wildman–Crippen MR) is 157 cm³/mol. The number of nitrogens with one attached hydrogen (secondary N) is 1. The zero-order chi connectivity index (χ0) is 30.0. The molecule has 0 aromatic heterocycles. The number of carboxylic acid groups (broad SMARTS) is 1. The van der Waals surface area contributed by atoms with Gasteiger partial charge in [-0.2, -0.15) is 0 Å². The molecule has 2 N–H and O–H groups in total. The Morgan fingerprint density at radius 3 is 2.26 bits per heavy atom. The summed E-state index contributed by atoms with van der Waals surface area (Å²) in [5.74, 6) is -0.738. The van der Waals surface area contributed by atoms with Crippen LogP contribution in [-0.4, -0.2) is 42.8 Å². The van der Waals surface area contributed by atoms with E-state index in [0.29, 0.717) is 51.7 Å². The van der Waals surface area contributed by atoms with Crippen LogP contribution in [0.4, 0.5) is 11.4 Å². The van der Waals surface area contributed by atoms with Gasteiger partial charge in [0.1, 0.15) is 0 Å². The number of benzene rings is 3. The van der Waals surface area contributed by atoms with Crippen molar-refractivity contribution in [2.75, 3.05) is 24.4 Å². The topological polar surface area (TPSA) is 122 Å². The van der Waals surface area contributed by atoms with Crippen LogP contribution in [0.1, 0.15) is 66.1 Å². The van der Waals surface area contributed by atoms with E-state index in [-0.39, 0.29) is 36.7 Å². The average molecular weight is 569 g/mol. The lowest BCUT2D eigenvalue weighted by atomic mass is 9.78.